The van der Waals surface area contributed by atoms with E-state index in [9.17, 15) is 37.5 Å². The SMILES string of the molecule is CNC(=O)c1ccc(F)c(Cl)c1.CNC(=O)c1ccc(N2CCN(Cc3cnc4c(c3)[nH]c(=O)n3cccc43)CC2)c(Cl)c1.CNC(=O)c1ccc(N2CCNCC2)c(Cl)c1.O=C(O)c1ccc(F)c(Cl)c1.O=c1[nH]c2cc(CO)cnc2c2cccn12. The Balaban J connectivity index is 0.000000153. The first-order valence-electron chi connectivity index (χ1n) is 27.2. The predicted octanol–water partition coefficient (Wildman–Crippen LogP) is 8.30. The number of carboxylic acids is 1. The minimum atomic E-state index is -1.12. The van der Waals surface area contributed by atoms with Gasteiger partial charge >= 0.3 is 17.3 Å². The molecule has 0 radical (unpaired) electrons. The molecule has 8 N–H and O–H groups in total. The molecule has 88 heavy (non-hydrogen) atoms. The number of nitrogens with zero attached hydrogens (tertiary/aromatic N) is 7. The first kappa shape index (κ1) is 65.0. The quantitative estimate of drug-likeness (QED) is 0.0676. The summed E-state index contributed by atoms with van der Waals surface area (Å²) in [6, 6.07) is 29.1. The Morgan fingerprint density at radius 1 is 0.545 bits per heavy atom. The van der Waals surface area contributed by atoms with Crippen LogP contribution in [0.1, 0.15) is 52.6 Å². The number of aromatic amines is 2. The molecular formula is C61H59Cl4F2N13O8. The highest BCUT2D eigenvalue weighted by Gasteiger charge is 2.21. The lowest BCUT2D eigenvalue weighted by atomic mass is 10.1. The predicted molar refractivity (Wildman–Crippen MR) is 338 cm³/mol. The largest absolute Gasteiger partial charge is 0.478 e. The average molecular weight is 1280 g/mol. The van der Waals surface area contributed by atoms with Crippen LogP contribution in [0.15, 0.2) is 144 Å². The maximum atomic E-state index is 12.6. The van der Waals surface area contributed by atoms with Crippen LogP contribution in [-0.4, -0.2) is 141 Å². The second kappa shape index (κ2) is 30.1. The molecule has 27 heteroatoms. The summed E-state index contributed by atoms with van der Waals surface area (Å²) in [5, 5.41) is 29.3. The number of pyridine rings is 2. The van der Waals surface area contributed by atoms with E-state index in [1.54, 1.807) is 67.4 Å². The zero-order valence-electron chi connectivity index (χ0n) is 47.5. The smallest absolute Gasteiger partial charge is 0.335 e. The molecule has 10 aromatic rings. The number of halogens is 6. The first-order chi connectivity index (χ1) is 42.3. The summed E-state index contributed by atoms with van der Waals surface area (Å²) in [5.74, 6) is -2.80. The Bertz CT molecular complexity index is 4300. The molecule has 0 bridgehead atoms. The summed E-state index contributed by atoms with van der Waals surface area (Å²) in [6.07, 6.45) is 6.92. The summed E-state index contributed by atoms with van der Waals surface area (Å²) < 4.78 is 28.1. The molecule has 0 aliphatic carbocycles. The van der Waals surface area contributed by atoms with E-state index in [0.29, 0.717) is 37.8 Å². The lowest BCUT2D eigenvalue weighted by Gasteiger charge is -2.36. The zero-order valence-corrected chi connectivity index (χ0v) is 50.5. The number of hydrogen-bond donors (Lipinski definition) is 8. The Morgan fingerprint density at radius 3 is 1.39 bits per heavy atom. The molecule has 2 aliphatic heterocycles. The normalized spacial score (nSPS) is 13.0. The van der Waals surface area contributed by atoms with E-state index >= 15 is 0 Å². The van der Waals surface area contributed by atoms with Gasteiger partial charge in [-0.1, -0.05) is 46.4 Å². The van der Waals surface area contributed by atoms with Crippen molar-refractivity contribution < 1.29 is 38.2 Å². The Labute approximate surface area is 521 Å². The number of amides is 3. The topological polar surface area (TPSA) is 267 Å². The Hall–Kier alpha value is -8.94. The molecule has 6 aromatic heterocycles. The van der Waals surface area contributed by atoms with Crippen molar-refractivity contribution in [2.75, 3.05) is 83.3 Å². The van der Waals surface area contributed by atoms with E-state index in [4.69, 9.17) is 56.6 Å². The first-order valence-corrected chi connectivity index (χ1v) is 28.7. The number of carbonyl (C=O) groups is 4. The number of carbonyl (C=O) groups excluding carboxylic acids is 3. The Kier molecular flexibility index (Phi) is 22.3. The summed E-state index contributed by atoms with van der Waals surface area (Å²) in [5.41, 5.74) is 9.28. The fraction of sp³-hybridized carbons (Fsp3) is 0.213. The summed E-state index contributed by atoms with van der Waals surface area (Å²) in [7, 11) is 4.72. The number of anilines is 2. The Morgan fingerprint density at radius 2 is 0.955 bits per heavy atom. The molecular weight excluding hydrogens is 1220 g/mol. The van der Waals surface area contributed by atoms with Crippen LogP contribution in [0.4, 0.5) is 20.2 Å². The molecule has 458 valence electrons. The lowest BCUT2D eigenvalue weighted by molar-refractivity contribution is 0.0696. The van der Waals surface area contributed by atoms with E-state index in [0.717, 1.165) is 128 Å². The minimum absolute atomic E-state index is 0.0172. The molecule has 2 fully saturated rings. The highest BCUT2D eigenvalue weighted by Crippen LogP contribution is 2.30. The summed E-state index contributed by atoms with van der Waals surface area (Å²) in [4.78, 5) is 89.8. The maximum Gasteiger partial charge on any atom is 0.335 e. The van der Waals surface area contributed by atoms with Crippen LogP contribution >= 0.6 is 46.4 Å². The van der Waals surface area contributed by atoms with Crippen LogP contribution in [0.25, 0.3) is 33.1 Å². The van der Waals surface area contributed by atoms with Crippen molar-refractivity contribution in [1.29, 1.82) is 0 Å². The molecule has 4 aromatic carbocycles. The molecule has 3 amide bonds. The van der Waals surface area contributed by atoms with Gasteiger partial charge in [0.15, 0.2) is 0 Å². The average Bonchev–Trinajstić information content (AvgIpc) is 3.15. The van der Waals surface area contributed by atoms with Gasteiger partial charge in [0.05, 0.1) is 65.7 Å². The highest BCUT2D eigenvalue weighted by atomic mass is 35.5. The van der Waals surface area contributed by atoms with Gasteiger partial charge in [0.25, 0.3) is 17.7 Å². The summed E-state index contributed by atoms with van der Waals surface area (Å²) in [6.45, 7) is 7.91. The van der Waals surface area contributed by atoms with Crippen LogP contribution in [0.5, 0.6) is 0 Å². The van der Waals surface area contributed by atoms with Crippen LogP contribution < -0.4 is 42.4 Å². The van der Waals surface area contributed by atoms with Crippen molar-refractivity contribution in [3.05, 3.63) is 220 Å². The van der Waals surface area contributed by atoms with Gasteiger partial charge in [-0.25, -0.2) is 23.2 Å². The van der Waals surface area contributed by atoms with Crippen molar-refractivity contribution in [3.8, 4) is 0 Å². The van der Waals surface area contributed by atoms with E-state index in [-0.39, 0.29) is 51.3 Å². The van der Waals surface area contributed by atoms with Crippen molar-refractivity contribution in [2.24, 2.45) is 0 Å². The fourth-order valence-corrected chi connectivity index (χ4v) is 10.4. The van der Waals surface area contributed by atoms with Crippen molar-refractivity contribution in [2.45, 2.75) is 13.2 Å². The highest BCUT2D eigenvalue weighted by molar-refractivity contribution is 6.34. The van der Waals surface area contributed by atoms with Gasteiger partial charge in [0.1, 0.15) is 22.7 Å². The fourth-order valence-electron chi connectivity index (χ4n) is 9.46. The monoisotopic (exact) mass is 1280 g/mol. The minimum Gasteiger partial charge on any atom is -0.478 e. The number of aromatic nitrogens is 6. The number of aliphatic hydroxyl groups excluding tert-OH is 1. The molecule has 21 nitrogen and oxygen atoms in total. The molecule has 0 atom stereocenters. The molecule has 0 unspecified atom stereocenters. The van der Waals surface area contributed by atoms with Crippen molar-refractivity contribution in [1.82, 2.24) is 54.9 Å². The van der Waals surface area contributed by atoms with Gasteiger partial charge in [-0.2, -0.15) is 0 Å². The second-order valence-electron chi connectivity index (χ2n) is 19.7. The van der Waals surface area contributed by atoms with Crippen LogP contribution in [0.3, 0.4) is 0 Å². The van der Waals surface area contributed by atoms with Gasteiger partial charge in [-0.15, -0.1) is 0 Å². The van der Waals surface area contributed by atoms with Crippen molar-refractivity contribution >= 4 is 115 Å². The number of fused-ring (bicyclic) bond motifs is 6. The van der Waals surface area contributed by atoms with E-state index in [1.807, 2.05) is 48.7 Å². The zero-order chi connectivity index (χ0) is 63.2. The third kappa shape index (κ3) is 16.0. The number of carboxylic acid groups (broad SMARTS) is 1. The van der Waals surface area contributed by atoms with Crippen LogP contribution in [0, 0.1) is 11.6 Å². The number of hydrogen-bond acceptors (Lipinski definition) is 13. The maximum absolute atomic E-state index is 12.6. The molecule has 2 aliphatic rings. The van der Waals surface area contributed by atoms with E-state index < -0.39 is 17.6 Å². The number of aliphatic hydroxyl groups is 1. The second-order valence-corrected chi connectivity index (χ2v) is 21.3. The molecule has 0 saturated carbocycles. The number of benzene rings is 4. The number of aromatic carboxylic acids is 1. The van der Waals surface area contributed by atoms with Crippen LogP contribution in [0.2, 0.25) is 20.1 Å². The number of piperazine rings is 2. The van der Waals surface area contributed by atoms with Gasteiger partial charge in [-0.3, -0.25) is 38.1 Å². The number of rotatable bonds is 9. The molecule has 8 heterocycles. The van der Waals surface area contributed by atoms with Gasteiger partial charge < -0.3 is 51.2 Å². The summed E-state index contributed by atoms with van der Waals surface area (Å²) >= 11 is 23.5. The van der Waals surface area contributed by atoms with E-state index in [1.165, 1.54) is 23.6 Å². The lowest BCUT2D eigenvalue weighted by Crippen LogP contribution is -2.46. The van der Waals surface area contributed by atoms with E-state index in [2.05, 4.69) is 55.9 Å². The molecule has 2 saturated heterocycles. The van der Waals surface area contributed by atoms with Gasteiger partial charge in [-0.05, 0) is 120 Å². The molecule has 0 spiro atoms. The molecule has 12 rings (SSSR count). The third-order valence-electron chi connectivity index (χ3n) is 14.0. The van der Waals surface area contributed by atoms with Crippen LogP contribution in [-0.2, 0) is 13.2 Å². The number of H-pyrrole nitrogens is 2. The van der Waals surface area contributed by atoms with Gasteiger partial charge in [0, 0.05) is 122 Å². The number of nitrogens with one attached hydrogen (secondary N) is 6. The van der Waals surface area contributed by atoms with Crippen molar-refractivity contribution in [3.63, 3.8) is 0 Å². The van der Waals surface area contributed by atoms with Gasteiger partial charge in [0.2, 0.25) is 0 Å². The third-order valence-corrected chi connectivity index (χ3v) is 15.2. The standard InChI is InChI=1S/C23H23ClN6O2.C12H16ClN3O.C11H9N3O2.C8H7ClFNO.C7H4ClFO2/c1-25-22(31)16-4-5-19(17(24)12-16)29-9-7-28(8-10-29)14-15-11-18-21(26-13-15)20-3-2-6-30(20)23(32)27-18;1-14-12(17)9-2-3-11(10(13)8-9)16-6-4-15-5-7-16;15-6-7-4-8-10(12-5-7)9-2-1-3-14(9)11(16)13-8;1-11-8(12)5-2-3-7(10)6(9)4-5;8-5-3-4(7(10)11)1-2-6(5)9/h2-6,11-13H,7-10,14H2,1H3,(H,25,31)(H,27,32);2-3,8,15H,4-7H2,1H3,(H,14,17);1-5,15H,6H2,(H,13,16);2-4H,1H3,(H,11,12);1-3H,(H,10,11).